The number of hydrogen-bond donors (Lipinski definition) is 1. The Morgan fingerprint density at radius 2 is 1.80 bits per heavy atom. The van der Waals surface area contributed by atoms with Crippen molar-refractivity contribution in [2.24, 2.45) is 0 Å². The lowest BCUT2D eigenvalue weighted by molar-refractivity contribution is 0.332. The average Bonchev–Trinajstić information content (AvgIpc) is 3.00. The number of nitrogens with one attached hydrogen (secondary N) is 1. The third-order valence-electron chi connectivity index (χ3n) is 3.80. The summed E-state index contributed by atoms with van der Waals surface area (Å²) in [5.74, 6) is 0. The summed E-state index contributed by atoms with van der Waals surface area (Å²) in [6.45, 7) is 4.28. The summed E-state index contributed by atoms with van der Waals surface area (Å²) in [7, 11) is 0. The van der Waals surface area contributed by atoms with Crippen LogP contribution in [0.25, 0.3) is 0 Å². The van der Waals surface area contributed by atoms with Crippen molar-refractivity contribution in [2.75, 3.05) is 18.4 Å². The molecule has 0 radical (unpaired) electrons. The molecular weight excluding hydrogens is 246 g/mol. The van der Waals surface area contributed by atoms with Crippen LogP contribution in [-0.4, -0.2) is 23.0 Å². The second-order valence-corrected chi connectivity index (χ2v) is 5.32. The van der Waals surface area contributed by atoms with Crippen LogP contribution in [0.5, 0.6) is 0 Å². The smallest absolute Gasteiger partial charge is 0.0594 e. The molecule has 0 aliphatic carbocycles. The molecule has 1 aromatic heterocycles. The molecule has 0 unspecified atom stereocenters. The van der Waals surface area contributed by atoms with E-state index in [4.69, 9.17) is 0 Å². The number of anilines is 1. The van der Waals surface area contributed by atoms with Crippen LogP contribution in [0, 0.1) is 0 Å². The lowest BCUT2D eigenvalue weighted by Gasteiger charge is -2.18. The van der Waals surface area contributed by atoms with Crippen molar-refractivity contribution in [1.82, 2.24) is 9.88 Å². The highest BCUT2D eigenvalue weighted by atomic mass is 15.1. The zero-order chi connectivity index (χ0) is 13.6. The Hall–Kier alpha value is -1.87. The molecule has 1 N–H and O–H groups in total. The van der Waals surface area contributed by atoms with Gasteiger partial charge in [-0.1, -0.05) is 24.3 Å². The first-order valence-corrected chi connectivity index (χ1v) is 7.36. The number of aromatic nitrogens is 1. The van der Waals surface area contributed by atoms with Gasteiger partial charge in [0.15, 0.2) is 0 Å². The van der Waals surface area contributed by atoms with Gasteiger partial charge >= 0.3 is 0 Å². The number of benzene rings is 1. The van der Waals surface area contributed by atoms with E-state index in [1.807, 2.05) is 18.3 Å². The molecule has 2 heterocycles. The van der Waals surface area contributed by atoms with Crippen LogP contribution in [0.3, 0.4) is 0 Å². The lowest BCUT2D eigenvalue weighted by Crippen LogP contribution is -2.19. The number of para-hydroxylation sites is 1. The van der Waals surface area contributed by atoms with Crippen molar-refractivity contribution in [3.8, 4) is 0 Å². The standard InChI is InChI=1S/C17H21N3/c1-2-9-17(19-13-16-8-3-4-10-18-16)15(7-1)14-20-11-5-6-12-20/h1-4,7-10,19H,5-6,11-14H2. The van der Waals surface area contributed by atoms with Crippen molar-refractivity contribution >= 4 is 5.69 Å². The van der Waals surface area contributed by atoms with Crippen LogP contribution in [-0.2, 0) is 13.1 Å². The van der Waals surface area contributed by atoms with E-state index in [-0.39, 0.29) is 0 Å². The molecule has 2 aromatic rings. The van der Waals surface area contributed by atoms with Gasteiger partial charge in [-0.3, -0.25) is 9.88 Å². The summed E-state index contributed by atoms with van der Waals surface area (Å²) in [5, 5.41) is 3.51. The fraction of sp³-hybridized carbons (Fsp3) is 0.353. The maximum absolute atomic E-state index is 4.35. The van der Waals surface area contributed by atoms with Gasteiger partial charge in [0, 0.05) is 18.4 Å². The van der Waals surface area contributed by atoms with E-state index in [0.717, 1.165) is 18.8 Å². The normalized spacial score (nSPS) is 15.4. The minimum atomic E-state index is 0.776. The summed E-state index contributed by atoms with van der Waals surface area (Å²) in [4.78, 5) is 6.88. The second-order valence-electron chi connectivity index (χ2n) is 5.32. The molecule has 0 bridgehead atoms. The summed E-state index contributed by atoms with van der Waals surface area (Å²) in [6.07, 6.45) is 4.51. The minimum Gasteiger partial charge on any atom is -0.379 e. The fourth-order valence-electron chi connectivity index (χ4n) is 2.70. The molecule has 3 nitrogen and oxygen atoms in total. The Kier molecular flexibility index (Phi) is 4.28. The Balaban J connectivity index is 1.66. The maximum Gasteiger partial charge on any atom is 0.0594 e. The molecule has 3 rings (SSSR count). The van der Waals surface area contributed by atoms with Gasteiger partial charge in [0.1, 0.15) is 0 Å². The van der Waals surface area contributed by atoms with E-state index < -0.39 is 0 Å². The molecule has 20 heavy (non-hydrogen) atoms. The van der Waals surface area contributed by atoms with Gasteiger partial charge < -0.3 is 5.32 Å². The summed E-state index contributed by atoms with van der Waals surface area (Å²) < 4.78 is 0. The number of rotatable bonds is 5. The first-order chi connectivity index (χ1) is 9.92. The Morgan fingerprint density at radius 3 is 2.60 bits per heavy atom. The van der Waals surface area contributed by atoms with Gasteiger partial charge in [0.2, 0.25) is 0 Å². The quantitative estimate of drug-likeness (QED) is 0.901. The lowest BCUT2D eigenvalue weighted by atomic mass is 10.1. The SMILES string of the molecule is c1ccc(CNc2ccccc2CN2CCCC2)nc1. The molecule has 3 heteroatoms. The molecule has 0 atom stereocenters. The molecule has 0 amide bonds. The number of pyridine rings is 1. The highest BCUT2D eigenvalue weighted by Crippen LogP contribution is 2.20. The fourth-order valence-corrected chi connectivity index (χ4v) is 2.70. The van der Waals surface area contributed by atoms with Crippen molar-refractivity contribution in [1.29, 1.82) is 0 Å². The van der Waals surface area contributed by atoms with E-state index in [9.17, 15) is 0 Å². The summed E-state index contributed by atoms with van der Waals surface area (Å²) >= 11 is 0. The Bertz CT molecular complexity index is 533. The monoisotopic (exact) mass is 267 g/mol. The van der Waals surface area contributed by atoms with Crippen LogP contribution in [0.1, 0.15) is 24.1 Å². The third kappa shape index (κ3) is 3.36. The van der Waals surface area contributed by atoms with Crippen molar-refractivity contribution in [3.63, 3.8) is 0 Å². The van der Waals surface area contributed by atoms with Crippen LogP contribution in [0.4, 0.5) is 5.69 Å². The zero-order valence-corrected chi connectivity index (χ0v) is 11.8. The first kappa shape index (κ1) is 13.1. The average molecular weight is 267 g/mol. The summed E-state index contributed by atoms with van der Waals surface area (Å²) in [5.41, 5.74) is 3.68. The summed E-state index contributed by atoms with van der Waals surface area (Å²) in [6, 6.07) is 14.6. The largest absolute Gasteiger partial charge is 0.379 e. The zero-order valence-electron chi connectivity index (χ0n) is 11.8. The van der Waals surface area contributed by atoms with E-state index >= 15 is 0 Å². The first-order valence-electron chi connectivity index (χ1n) is 7.36. The Labute approximate surface area is 120 Å². The minimum absolute atomic E-state index is 0.776. The molecule has 104 valence electrons. The van der Waals surface area contributed by atoms with Crippen molar-refractivity contribution in [3.05, 3.63) is 59.9 Å². The van der Waals surface area contributed by atoms with E-state index in [2.05, 4.69) is 45.5 Å². The second kappa shape index (κ2) is 6.53. The predicted octanol–water partition coefficient (Wildman–Crippen LogP) is 3.29. The van der Waals surface area contributed by atoms with Crippen LogP contribution >= 0.6 is 0 Å². The van der Waals surface area contributed by atoms with Gasteiger partial charge in [0.25, 0.3) is 0 Å². The highest BCUT2D eigenvalue weighted by Gasteiger charge is 2.13. The predicted molar refractivity (Wildman–Crippen MR) is 82.5 cm³/mol. The molecular formula is C17H21N3. The van der Waals surface area contributed by atoms with E-state index in [1.54, 1.807) is 0 Å². The third-order valence-corrected chi connectivity index (χ3v) is 3.80. The van der Waals surface area contributed by atoms with Gasteiger partial charge in [-0.25, -0.2) is 0 Å². The van der Waals surface area contributed by atoms with Crippen LogP contribution in [0.15, 0.2) is 48.7 Å². The van der Waals surface area contributed by atoms with Gasteiger partial charge in [-0.15, -0.1) is 0 Å². The van der Waals surface area contributed by atoms with Crippen LogP contribution in [0.2, 0.25) is 0 Å². The van der Waals surface area contributed by atoms with Crippen LogP contribution < -0.4 is 5.32 Å². The van der Waals surface area contributed by atoms with Gasteiger partial charge in [-0.05, 0) is 49.7 Å². The molecule has 1 saturated heterocycles. The number of hydrogen-bond acceptors (Lipinski definition) is 3. The molecule has 0 spiro atoms. The van der Waals surface area contributed by atoms with Gasteiger partial charge in [-0.2, -0.15) is 0 Å². The van der Waals surface area contributed by atoms with Gasteiger partial charge in [0.05, 0.1) is 12.2 Å². The number of nitrogens with zero attached hydrogens (tertiary/aromatic N) is 2. The maximum atomic E-state index is 4.35. The molecule has 0 saturated carbocycles. The highest BCUT2D eigenvalue weighted by molar-refractivity contribution is 5.51. The van der Waals surface area contributed by atoms with Crippen molar-refractivity contribution < 1.29 is 0 Å². The van der Waals surface area contributed by atoms with Crippen molar-refractivity contribution in [2.45, 2.75) is 25.9 Å². The van der Waals surface area contributed by atoms with E-state index in [0.29, 0.717) is 0 Å². The molecule has 1 fully saturated rings. The molecule has 1 aliphatic rings. The Morgan fingerprint density at radius 1 is 1.00 bits per heavy atom. The number of likely N-dealkylation sites (tertiary alicyclic amines) is 1. The molecule has 1 aromatic carbocycles. The molecule has 1 aliphatic heterocycles. The topological polar surface area (TPSA) is 28.2 Å². The van der Waals surface area contributed by atoms with E-state index in [1.165, 1.54) is 37.2 Å².